The van der Waals surface area contributed by atoms with Crippen molar-refractivity contribution in [1.29, 1.82) is 0 Å². The molecule has 80 valence electrons. The van der Waals surface area contributed by atoms with Crippen LogP contribution in [0, 0.1) is 20.8 Å². The van der Waals surface area contributed by atoms with Crippen molar-refractivity contribution in [3.63, 3.8) is 0 Å². The summed E-state index contributed by atoms with van der Waals surface area (Å²) < 4.78 is 0. The van der Waals surface area contributed by atoms with Crippen molar-refractivity contribution in [2.24, 2.45) is 0 Å². The molecular weight excluding hydrogens is 180 g/mol. The van der Waals surface area contributed by atoms with E-state index in [1.54, 1.807) is 0 Å². The minimum absolute atomic E-state index is 1.33. The Kier molecular flexibility index (Phi) is 3.90. The molecule has 0 heterocycles. The second-order valence-corrected chi connectivity index (χ2v) is 3.81. The average Bonchev–Trinajstić information content (AvgIpc) is 2.19. The minimum atomic E-state index is 1.33. The number of fused-ring (bicyclic) bond motifs is 1. The van der Waals surface area contributed by atoms with Crippen LogP contribution in [0.2, 0.25) is 0 Å². The quantitative estimate of drug-likeness (QED) is 0.573. The van der Waals surface area contributed by atoms with Gasteiger partial charge in [-0.15, -0.1) is 0 Å². The topological polar surface area (TPSA) is 0 Å². The van der Waals surface area contributed by atoms with Crippen molar-refractivity contribution < 1.29 is 0 Å². The molecule has 0 amide bonds. The molecule has 2 aromatic rings. The fraction of sp³-hybridized carbons (Fsp3) is 0.333. The van der Waals surface area contributed by atoms with Gasteiger partial charge in [-0.25, -0.2) is 0 Å². The Morgan fingerprint density at radius 3 is 2.00 bits per heavy atom. The molecule has 0 N–H and O–H groups in total. The van der Waals surface area contributed by atoms with Crippen molar-refractivity contribution in [3.05, 3.63) is 47.0 Å². The molecule has 2 rings (SSSR count). The molecular formula is C15H20. The Morgan fingerprint density at radius 1 is 0.733 bits per heavy atom. The predicted molar refractivity (Wildman–Crippen MR) is 69.5 cm³/mol. The van der Waals surface area contributed by atoms with E-state index in [0.717, 1.165) is 0 Å². The van der Waals surface area contributed by atoms with Crippen molar-refractivity contribution in [2.75, 3.05) is 0 Å². The van der Waals surface area contributed by atoms with E-state index in [1.807, 2.05) is 13.8 Å². The molecule has 0 saturated carbocycles. The molecule has 0 aliphatic carbocycles. The van der Waals surface area contributed by atoms with Crippen LogP contribution in [0.4, 0.5) is 0 Å². The summed E-state index contributed by atoms with van der Waals surface area (Å²) in [6, 6.07) is 11.1. The summed E-state index contributed by atoms with van der Waals surface area (Å²) in [6.45, 7) is 10.5. The zero-order chi connectivity index (χ0) is 11.4. The SMILES string of the molecule is CC.Cc1ccc2c(C)cc(C)cc2c1. The molecule has 0 heteroatoms. The second kappa shape index (κ2) is 4.97. The van der Waals surface area contributed by atoms with Gasteiger partial charge in [0, 0.05) is 0 Å². The standard InChI is InChI=1S/C13H14.C2H6/c1-9-4-5-13-11(3)6-10(2)8-12(13)7-9;1-2/h4-8H,1-3H3;1-2H3. The third kappa shape index (κ3) is 2.59. The zero-order valence-corrected chi connectivity index (χ0v) is 10.4. The Bertz CT molecular complexity index is 448. The van der Waals surface area contributed by atoms with E-state index in [-0.39, 0.29) is 0 Å². The van der Waals surface area contributed by atoms with Crippen LogP contribution >= 0.6 is 0 Å². The molecule has 0 bridgehead atoms. The van der Waals surface area contributed by atoms with Crippen LogP contribution in [-0.2, 0) is 0 Å². The van der Waals surface area contributed by atoms with Gasteiger partial charge in [-0.2, -0.15) is 0 Å². The molecule has 0 unspecified atom stereocenters. The lowest BCUT2D eigenvalue weighted by atomic mass is 10.0. The van der Waals surface area contributed by atoms with Crippen LogP contribution in [0.25, 0.3) is 10.8 Å². The van der Waals surface area contributed by atoms with Crippen molar-refractivity contribution in [3.8, 4) is 0 Å². The molecule has 0 radical (unpaired) electrons. The summed E-state index contributed by atoms with van der Waals surface area (Å²) in [4.78, 5) is 0. The molecule has 0 aliphatic rings. The van der Waals surface area contributed by atoms with Gasteiger partial charge in [-0.1, -0.05) is 55.3 Å². The second-order valence-electron chi connectivity index (χ2n) is 3.81. The van der Waals surface area contributed by atoms with Gasteiger partial charge in [0.2, 0.25) is 0 Å². The van der Waals surface area contributed by atoms with E-state index in [0.29, 0.717) is 0 Å². The Balaban J connectivity index is 0.000000531. The molecule has 0 nitrogen and oxygen atoms in total. The number of benzene rings is 2. The maximum atomic E-state index is 2.25. The number of hydrogen-bond donors (Lipinski definition) is 0. The number of rotatable bonds is 0. The fourth-order valence-electron chi connectivity index (χ4n) is 1.87. The van der Waals surface area contributed by atoms with Crippen LogP contribution in [0.15, 0.2) is 30.3 Å². The van der Waals surface area contributed by atoms with E-state index in [4.69, 9.17) is 0 Å². The smallest absolute Gasteiger partial charge is 0.0154 e. The summed E-state index contributed by atoms with van der Waals surface area (Å²) >= 11 is 0. The van der Waals surface area contributed by atoms with Gasteiger partial charge in [0.05, 0.1) is 0 Å². The van der Waals surface area contributed by atoms with Gasteiger partial charge in [-0.05, 0) is 37.1 Å². The summed E-state index contributed by atoms with van der Waals surface area (Å²) in [5, 5.41) is 2.73. The third-order valence-electron chi connectivity index (χ3n) is 2.46. The van der Waals surface area contributed by atoms with Crippen molar-refractivity contribution in [1.82, 2.24) is 0 Å². The van der Waals surface area contributed by atoms with Crippen LogP contribution in [0.3, 0.4) is 0 Å². The Morgan fingerprint density at radius 2 is 1.33 bits per heavy atom. The molecule has 0 aliphatic heterocycles. The van der Waals surface area contributed by atoms with Gasteiger partial charge < -0.3 is 0 Å². The predicted octanol–water partition coefficient (Wildman–Crippen LogP) is 4.79. The highest BCUT2D eigenvalue weighted by Gasteiger charge is 1.97. The molecule has 0 atom stereocenters. The highest BCUT2D eigenvalue weighted by atomic mass is 14.0. The number of aryl methyl sites for hydroxylation is 3. The Labute approximate surface area is 92.9 Å². The normalized spacial score (nSPS) is 9.67. The van der Waals surface area contributed by atoms with E-state index in [2.05, 4.69) is 51.1 Å². The third-order valence-corrected chi connectivity index (χ3v) is 2.46. The van der Waals surface area contributed by atoms with E-state index in [1.165, 1.54) is 27.5 Å². The van der Waals surface area contributed by atoms with Gasteiger partial charge in [0.15, 0.2) is 0 Å². The fourth-order valence-corrected chi connectivity index (χ4v) is 1.87. The van der Waals surface area contributed by atoms with Crippen LogP contribution in [0.5, 0.6) is 0 Å². The lowest BCUT2D eigenvalue weighted by Crippen LogP contribution is -1.82. The largest absolute Gasteiger partial charge is 0.0683 e. The molecule has 2 aromatic carbocycles. The molecule has 0 aromatic heterocycles. The average molecular weight is 200 g/mol. The first-order valence-electron chi connectivity index (χ1n) is 5.64. The van der Waals surface area contributed by atoms with Gasteiger partial charge >= 0.3 is 0 Å². The van der Waals surface area contributed by atoms with Crippen molar-refractivity contribution >= 4 is 10.8 Å². The van der Waals surface area contributed by atoms with E-state index < -0.39 is 0 Å². The van der Waals surface area contributed by atoms with Gasteiger partial charge in [0.25, 0.3) is 0 Å². The monoisotopic (exact) mass is 200 g/mol. The zero-order valence-electron chi connectivity index (χ0n) is 10.4. The summed E-state index contributed by atoms with van der Waals surface area (Å²) in [5.41, 5.74) is 4.04. The molecule has 0 saturated heterocycles. The molecule has 15 heavy (non-hydrogen) atoms. The molecule has 0 spiro atoms. The van der Waals surface area contributed by atoms with Gasteiger partial charge in [-0.3, -0.25) is 0 Å². The van der Waals surface area contributed by atoms with Gasteiger partial charge in [0.1, 0.15) is 0 Å². The van der Waals surface area contributed by atoms with Crippen LogP contribution < -0.4 is 0 Å². The first-order chi connectivity index (χ1) is 7.16. The first-order valence-corrected chi connectivity index (χ1v) is 5.64. The Hall–Kier alpha value is -1.30. The highest BCUT2D eigenvalue weighted by Crippen LogP contribution is 2.21. The first kappa shape index (κ1) is 11.8. The summed E-state index contributed by atoms with van der Waals surface area (Å²) in [6.07, 6.45) is 0. The maximum absolute atomic E-state index is 2.25. The van der Waals surface area contributed by atoms with E-state index in [9.17, 15) is 0 Å². The molecule has 0 fully saturated rings. The minimum Gasteiger partial charge on any atom is -0.0683 e. The highest BCUT2D eigenvalue weighted by molar-refractivity contribution is 5.86. The summed E-state index contributed by atoms with van der Waals surface area (Å²) in [5.74, 6) is 0. The lowest BCUT2D eigenvalue weighted by Gasteiger charge is -2.04. The summed E-state index contributed by atoms with van der Waals surface area (Å²) in [7, 11) is 0. The van der Waals surface area contributed by atoms with E-state index >= 15 is 0 Å². The van der Waals surface area contributed by atoms with Crippen molar-refractivity contribution in [2.45, 2.75) is 34.6 Å². The lowest BCUT2D eigenvalue weighted by molar-refractivity contribution is 1.41. The van der Waals surface area contributed by atoms with Crippen LogP contribution in [0.1, 0.15) is 30.5 Å². The van der Waals surface area contributed by atoms with Crippen LogP contribution in [-0.4, -0.2) is 0 Å². The maximum Gasteiger partial charge on any atom is -0.0154 e. The number of hydrogen-bond acceptors (Lipinski definition) is 0.